The van der Waals surface area contributed by atoms with Crippen LogP contribution in [-0.4, -0.2) is 19.9 Å². The summed E-state index contributed by atoms with van der Waals surface area (Å²) in [7, 11) is -3.73. The van der Waals surface area contributed by atoms with Gasteiger partial charge in [0.05, 0.1) is 0 Å². The van der Waals surface area contributed by atoms with Gasteiger partial charge in [-0.05, 0) is 47.1 Å². The summed E-state index contributed by atoms with van der Waals surface area (Å²) in [5.41, 5.74) is 0.479. The van der Waals surface area contributed by atoms with Crippen molar-refractivity contribution < 1.29 is 8.42 Å². The third-order valence-corrected chi connectivity index (χ3v) is 4.85. The molecule has 1 aromatic heterocycles. The maximum atomic E-state index is 12.5. The number of hydrogen-bond acceptors (Lipinski definition) is 4. The molecule has 0 aliphatic carbocycles. The van der Waals surface area contributed by atoms with E-state index < -0.39 is 10.0 Å². The van der Waals surface area contributed by atoms with Gasteiger partial charge in [-0.2, -0.15) is 0 Å². The van der Waals surface area contributed by atoms with E-state index in [1.54, 1.807) is 24.4 Å². The van der Waals surface area contributed by atoms with Crippen molar-refractivity contribution >= 4 is 53.4 Å². The Hall–Kier alpha value is -1.12. The molecule has 0 unspecified atom stereocenters. The van der Waals surface area contributed by atoms with Crippen molar-refractivity contribution in [3.05, 3.63) is 45.5 Å². The zero-order valence-corrected chi connectivity index (χ0v) is 15.1. The van der Waals surface area contributed by atoms with E-state index in [1.807, 2.05) is 13.0 Å². The third kappa shape index (κ3) is 4.18. The van der Waals surface area contributed by atoms with Crippen molar-refractivity contribution in [2.75, 3.05) is 16.6 Å². The van der Waals surface area contributed by atoms with Gasteiger partial charge in [0.1, 0.15) is 10.7 Å². The molecule has 0 bridgehead atoms. The Morgan fingerprint density at radius 1 is 1.19 bits per heavy atom. The van der Waals surface area contributed by atoms with Gasteiger partial charge in [0.15, 0.2) is 0 Å². The topological polar surface area (TPSA) is 71.1 Å². The standard InChI is InChI=1S/C13H13Br2N3O2S/c1-2-16-13-12(7-10(15)8-17-13)21(19,20)18-11-5-3-4-9(14)6-11/h3-8,18H,2H2,1H3,(H,16,17). The summed E-state index contributed by atoms with van der Waals surface area (Å²) >= 11 is 6.56. The van der Waals surface area contributed by atoms with Gasteiger partial charge in [0.25, 0.3) is 10.0 Å². The van der Waals surface area contributed by atoms with Gasteiger partial charge in [-0.15, -0.1) is 0 Å². The summed E-state index contributed by atoms with van der Waals surface area (Å²) in [5, 5.41) is 2.95. The average Bonchev–Trinajstić information content (AvgIpc) is 2.40. The summed E-state index contributed by atoms with van der Waals surface area (Å²) in [6, 6.07) is 8.47. The zero-order valence-electron chi connectivity index (χ0n) is 11.1. The summed E-state index contributed by atoms with van der Waals surface area (Å²) < 4.78 is 29.0. The van der Waals surface area contributed by atoms with Gasteiger partial charge < -0.3 is 5.32 Å². The molecule has 0 radical (unpaired) electrons. The van der Waals surface area contributed by atoms with Crippen molar-refractivity contribution in [3.63, 3.8) is 0 Å². The van der Waals surface area contributed by atoms with E-state index in [0.29, 0.717) is 22.5 Å². The molecule has 2 N–H and O–H groups in total. The van der Waals surface area contributed by atoms with Crippen LogP contribution in [0.4, 0.5) is 11.5 Å². The summed E-state index contributed by atoms with van der Waals surface area (Å²) in [5.74, 6) is 0.322. The molecule has 0 saturated carbocycles. The minimum absolute atomic E-state index is 0.0960. The zero-order chi connectivity index (χ0) is 15.5. The van der Waals surface area contributed by atoms with E-state index in [4.69, 9.17) is 0 Å². The highest BCUT2D eigenvalue weighted by Gasteiger charge is 2.20. The van der Waals surface area contributed by atoms with Gasteiger partial charge in [0.2, 0.25) is 0 Å². The Kier molecular flexibility index (Phi) is 5.23. The molecule has 1 aromatic carbocycles. The van der Waals surface area contributed by atoms with E-state index in [1.165, 1.54) is 6.07 Å². The second-order valence-electron chi connectivity index (χ2n) is 4.15. The Morgan fingerprint density at radius 2 is 1.95 bits per heavy atom. The van der Waals surface area contributed by atoms with Crippen LogP contribution in [0.15, 0.2) is 50.4 Å². The Balaban J connectivity index is 2.41. The fraction of sp³-hybridized carbons (Fsp3) is 0.154. The molecular weight excluding hydrogens is 422 g/mol. The van der Waals surface area contributed by atoms with Crippen LogP contribution in [0, 0.1) is 0 Å². The third-order valence-electron chi connectivity index (χ3n) is 2.53. The molecule has 0 aliphatic rings. The quantitative estimate of drug-likeness (QED) is 0.749. The van der Waals surface area contributed by atoms with E-state index in [0.717, 1.165) is 4.47 Å². The maximum absolute atomic E-state index is 12.5. The summed E-state index contributed by atoms with van der Waals surface area (Å²) in [6.07, 6.45) is 1.55. The molecule has 0 saturated heterocycles. The van der Waals surface area contributed by atoms with Crippen molar-refractivity contribution in [2.24, 2.45) is 0 Å². The number of nitrogens with zero attached hydrogens (tertiary/aromatic N) is 1. The number of sulfonamides is 1. The Bertz CT molecular complexity index is 751. The average molecular weight is 435 g/mol. The number of aromatic nitrogens is 1. The second kappa shape index (κ2) is 6.76. The number of nitrogens with one attached hydrogen (secondary N) is 2. The second-order valence-corrected chi connectivity index (χ2v) is 7.63. The lowest BCUT2D eigenvalue weighted by atomic mass is 10.3. The first-order valence-electron chi connectivity index (χ1n) is 6.10. The van der Waals surface area contributed by atoms with Crippen LogP contribution < -0.4 is 10.0 Å². The van der Waals surface area contributed by atoms with Gasteiger partial charge in [0, 0.05) is 27.4 Å². The molecular formula is C13H13Br2N3O2S. The van der Waals surface area contributed by atoms with Gasteiger partial charge in [-0.3, -0.25) is 4.72 Å². The lowest BCUT2D eigenvalue weighted by molar-refractivity contribution is 0.601. The lowest BCUT2D eigenvalue weighted by Crippen LogP contribution is -2.16. The van der Waals surface area contributed by atoms with Crippen LogP contribution in [-0.2, 0) is 10.0 Å². The number of hydrogen-bond donors (Lipinski definition) is 2. The SMILES string of the molecule is CCNc1ncc(Br)cc1S(=O)(=O)Nc1cccc(Br)c1. The van der Waals surface area contributed by atoms with E-state index >= 15 is 0 Å². The molecule has 1 heterocycles. The van der Waals surface area contributed by atoms with Crippen LogP contribution >= 0.6 is 31.9 Å². The monoisotopic (exact) mass is 433 g/mol. The minimum Gasteiger partial charge on any atom is -0.369 e. The number of pyridine rings is 1. The minimum atomic E-state index is -3.73. The molecule has 0 fully saturated rings. The van der Waals surface area contributed by atoms with E-state index in [9.17, 15) is 8.42 Å². The largest absolute Gasteiger partial charge is 0.369 e. The molecule has 0 amide bonds. The molecule has 2 rings (SSSR count). The molecule has 21 heavy (non-hydrogen) atoms. The Morgan fingerprint density at radius 3 is 2.62 bits per heavy atom. The first kappa shape index (κ1) is 16.3. The fourth-order valence-electron chi connectivity index (χ4n) is 1.69. The van der Waals surface area contributed by atoms with Crippen LogP contribution in [0.2, 0.25) is 0 Å². The lowest BCUT2D eigenvalue weighted by Gasteiger charge is -2.12. The Labute approximate surface area is 140 Å². The molecule has 0 aliphatic heterocycles. The summed E-state index contributed by atoms with van der Waals surface area (Å²) in [4.78, 5) is 4.20. The normalized spacial score (nSPS) is 11.2. The van der Waals surface area contributed by atoms with Crippen molar-refractivity contribution in [2.45, 2.75) is 11.8 Å². The molecule has 0 spiro atoms. The maximum Gasteiger partial charge on any atom is 0.265 e. The highest BCUT2D eigenvalue weighted by molar-refractivity contribution is 9.10. The first-order valence-corrected chi connectivity index (χ1v) is 9.17. The van der Waals surface area contributed by atoms with Crippen LogP contribution in [0.1, 0.15) is 6.92 Å². The van der Waals surface area contributed by atoms with Gasteiger partial charge in [-0.25, -0.2) is 13.4 Å². The molecule has 2 aromatic rings. The van der Waals surface area contributed by atoms with Crippen molar-refractivity contribution in [3.8, 4) is 0 Å². The molecule has 112 valence electrons. The van der Waals surface area contributed by atoms with Crippen molar-refractivity contribution in [1.82, 2.24) is 4.98 Å². The first-order chi connectivity index (χ1) is 9.92. The van der Waals surface area contributed by atoms with Gasteiger partial charge >= 0.3 is 0 Å². The highest BCUT2D eigenvalue weighted by atomic mass is 79.9. The highest BCUT2D eigenvalue weighted by Crippen LogP contribution is 2.26. The predicted octanol–water partition coefficient (Wildman–Crippen LogP) is 3.84. The predicted molar refractivity (Wildman–Crippen MR) is 91.1 cm³/mol. The van der Waals surface area contributed by atoms with Gasteiger partial charge in [-0.1, -0.05) is 22.0 Å². The smallest absolute Gasteiger partial charge is 0.265 e. The number of halogens is 2. The molecule has 8 heteroatoms. The van der Waals surface area contributed by atoms with Crippen LogP contribution in [0.5, 0.6) is 0 Å². The number of anilines is 2. The fourth-order valence-corrected chi connectivity index (χ4v) is 3.78. The van der Waals surface area contributed by atoms with Crippen LogP contribution in [0.25, 0.3) is 0 Å². The van der Waals surface area contributed by atoms with Crippen LogP contribution in [0.3, 0.4) is 0 Å². The summed E-state index contributed by atoms with van der Waals surface area (Å²) in [6.45, 7) is 2.45. The number of benzene rings is 1. The van der Waals surface area contributed by atoms with E-state index in [2.05, 4.69) is 46.9 Å². The number of rotatable bonds is 5. The molecule has 0 atom stereocenters. The van der Waals surface area contributed by atoms with Crippen molar-refractivity contribution in [1.29, 1.82) is 0 Å². The molecule has 5 nitrogen and oxygen atoms in total. The van der Waals surface area contributed by atoms with E-state index in [-0.39, 0.29) is 4.90 Å².